The van der Waals surface area contributed by atoms with Crippen LogP contribution in [0, 0.1) is 10.1 Å². The molecule has 1 saturated heterocycles. The fourth-order valence-electron chi connectivity index (χ4n) is 3.78. The summed E-state index contributed by atoms with van der Waals surface area (Å²) in [5.74, 6) is -0.431. The molecule has 4 rings (SSSR count). The predicted molar refractivity (Wildman–Crippen MR) is 119 cm³/mol. The summed E-state index contributed by atoms with van der Waals surface area (Å²) in [7, 11) is 1.19. The Morgan fingerprint density at radius 3 is 2.43 bits per heavy atom. The lowest BCUT2D eigenvalue weighted by Crippen LogP contribution is -2.55. The minimum atomic E-state index is -0.766. The monoisotopic (exact) mass is 485 g/mol. The van der Waals surface area contributed by atoms with Crippen molar-refractivity contribution in [2.45, 2.75) is 6.10 Å². The Bertz CT molecular complexity index is 1140. The first-order chi connectivity index (χ1) is 16.9. The number of para-hydroxylation sites is 2. The molecule has 35 heavy (non-hydrogen) atoms. The molecule has 2 aromatic carbocycles. The lowest BCUT2D eigenvalue weighted by molar-refractivity contribution is -0.385. The quantitative estimate of drug-likeness (QED) is 0.336. The van der Waals surface area contributed by atoms with Crippen molar-refractivity contribution in [3.05, 3.63) is 58.1 Å². The molecule has 2 aliphatic rings. The van der Waals surface area contributed by atoms with Crippen molar-refractivity contribution >= 4 is 23.5 Å². The third kappa shape index (κ3) is 5.26. The third-order valence-electron chi connectivity index (χ3n) is 5.66. The molecule has 2 aliphatic heterocycles. The first kappa shape index (κ1) is 23.8. The molecule has 2 amide bonds. The van der Waals surface area contributed by atoms with Crippen LogP contribution in [0.15, 0.2) is 42.5 Å². The maximum Gasteiger partial charge on any atom is 0.337 e. The lowest BCUT2D eigenvalue weighted by Gasteiger charge is -2.37. The number of esters is 1. The zero-order chi connectivity index (χ0) is 24.9. The maximum atomic E-state index is 12.9. The summed E-state index contributed by atoms with van der Waals surface area (Å²) < 4.78 is 21.4. The average molecular weight is 485 g/mol. The second-order valence-electron chi connectivity index (χ2n) is 7.79. The number of piperazine rings is 1. The van der Waals surface area contributed by atoms with Gasteiger partial charge in [0, 0.05) is 38.3 Å². The third-order valence-corrected chi connectivity index (χ3v) is 5.66. The van der Waals surface area contributed by atoms with Gasteiger partial charge in [0.15, 0.2) is 23.9 Å². The number of nitro groups is 1. The highest BCUT2D eigenvalue weighted by atomic mass is 16.6. The second kappa shape index (κ2) is 10.3. The summed E-state index contributed by atoms with van der Waals surface area (Å²) in [4.78, 5) is 50.9. The molecule has 0 aliphatic carbocycles. The molecule has 1 fully saturated rings. The van der Waals surface area contributed by atoms with Gasteiger partial charge in [-0.15, -0.1) is 0 Å². The fraction of sp³-hybridized carbons (Fsp3) is 0.348. The zero-order valence-electron chi connectivity index (χ0n) is 18.9. The number of hydrogen-bond donors (Lipinski definition) is 0. The van der Waals surface area contributed by atoms with Crippen LogP contribution in [-0.4, -0.2) is 85.1 Å². The predicted octanol–water partition coefficient (Wildman–Crippen LogP) is 1.27. The lowest BCUT2D eigenvalue weighted by atomic mass is 10.2. The molecule has 0 radical (unpaired) electrons. The normalized spacial score (nSPS) is 16.9. The highest BCUT2D eigenvalue weighted by Crippen LogP contribution is 2.31. The zero-order valence-corrected chi connectivity index (χ0v) is 18.9. The largest absolute Gasteiger partial charge is 0.485 e. The number of methoxy groups -OCH3 is 1. The summed E-state index contributed by atoms with van der Waals surface area (Å²) in [6.07, 6.45) is -0.766. The van der Waals surface area contributed by atoms with E-state index in [-0.39, 0.29) is 42.6 Å². The van der Waals surface area contributed by atoms with Crippen molar-refractivity contribution in [2.24, 2.45) is 0 Å². The Hall–Kier alpha value is -4.35. The Kier molecular flexibility index (Phi) is 6.99. The van der Waals surface area contributed by atoms with Crippen LogP contribution in [0.4, 0.5) is 5.69 Å². The van der Waals surface area contributed by atoms with Gasteiger partial charge in [-0.1, -0.05) is 12.1 Å². The van der Waals surface area contributed by atoms with Crippen LogP contribution >= 0.6 is 0 Å². The van der Waals surface area contributed by atoms with Gasteiger partial charge >= 0.3 is 11.7 Å². The van der Waals surface area contributed by atoms with E-state index in [1.54, 1.807) is 23.1 Å². The van der Waals surface area contributed by atoms with Gasteiger partial charge in [-0.2, -0.15) is 0 Å². The first-order valence-corrected chi connectivity index (χ1v) is 10.8. The van der Waals surface area contributed by atoms with Crippen molar-refractivity contribution in [1.29, 1.82) is 0 Å². The number of fused-ring (bicyclic) bond motifs is 1. The average Bonchev–Trinajstić information content (AvgIpc) is 2.90. The van der Waals surface area contributed by atoms with E-state index >= 15 is 0 Å². The van der Waals surface area contributed by atoms with Gasteiger partial charge in [0.25, 0.3) is 11.8 Å². The second-order valence-corrected chi connectivity index (χ2v) is 7.79. The molecule has 0 spiro atoms. The molecule has 0 saturated carbocycles. The van der Waals surface area contributed by atoms with E-state index in [1.165, 1.54) is 18.1 Å². The van der Waals surface area contributed by atoms with Crippen LogP contribution in [0.2, 0.25) is 0 Å². The number of nitrogens with zero attached hydrogens (tertiary/aromatic N) is 3. The van der Waals surface area contributed by atoms with Crippen molar-refractivity contribution < 1.29 is 38.3 Å². The number of benzene rings is 2. The van der Waals surface area contributed by atoms with E-state index in [0.29, 0.717) is 24.6 Å². The van der Waals surface area contributed by atoms with Gasteiger partial charge in [-0.3, -0.25) is 19.7 Å². The standard InChI is InChI=1S/C23H23N3O9/c1-32-23(29)15-6-7-16(26(30)31)19(12-15)34-14-21(27)24-8-10-25(11-9-24)22(28)20-13-33-17-4-2-3-5-18(17)35-20/h2-7,12,20H,8-11,13-14H2,1H3. The number of carbonyl (C=O) groups is 3. The van der Waals surface area contributed by atoms with E-state index in [1.807, 2.05) is 6.07 Å². The van der Waals surface area contributed by atoms with Crippen molar-refractivity contribution in [1.82, 2.24) is 9.80 Å². The van der Waals surface area contributed by atoms with E-state index in [2.05, 4.69) is 4.74 Å². The van der Waals surface area contributed by atoms with Crippen LogP contribution in [0.3, 0.4) is 0 Å². The van der Waals surface area contributed by atoms with E-state index in [4.69, 9.17) is 14.2 Å². The summed E-state index contributed by atoms with van der Waals surface area (Å²) in [6.45, 7) is 0.765. The molecule has 12 heteroatoms. The number of hydrogen-bond acceptors (Lipinski definition) is 9. The molecule has 2 aromatic rings. The molecule has 1 unspecified atom stereocenters. The summed E-state index contributed by atoms with van der Waals surface area (Å²) in [6, 6.07) is 10.6. The van der Waals surface area contributed by atoms with Crippen molar-refractivity contribution in [2.75, 3.05) is 46.5 Å². The fourth-order valence-corrected chi connectivity index (χ4v) is 3.78. The summed E-state index contributed by atoms with van der Waals surface area (Å²) in [5.41, 5.74) is -0.318. The Labute approximate surface area is 200 Å². The number of amides is 2. The Balaban J connectivity index is 1.31. The molecule has 1 atom stereocenters. The molecule has 0 bridgehead atoms. The van der Waals surface area contributed by atoms with Gasteiger partial charge in [0.1, 0.15) is 6.61 Å². The minimum Gasteiger partial charge on any atom is -0.485 e. The van der Waals surface area contributed by atoms with Gasteiger partial charge < -0.3 is 28.7 Å². The van der Waals surface area contributed by atoms with Crippen LogP contribution in [0.25, 0.3) is 0 Å². The van der Waals surface area contributed by atoms with Crippen LogP contribution in [0.5, 0.6) is 17.2 Å². The molecule has 0 aromatic heterocycles. The molecule has 184 valence electrons. The van der Waals surface area contributed by atoms with Gasteiger partial charge in [0.05, 0.1) is 17.6 Å². The first-order valence-electron chi connectivity index (χ1n) is 10.8. The molecule has 12 nitrogen and oxygen atoms in total. The Morgan fingerprint density at radius 1 is 1.06 bits per heavy atom. The van der Waals surface area contributed by atoms with E-state index < -0.39 is 29.5 Å². The number of carbonyl (C=O) groups excluding carboxylic acids is 3. The maximum absolute atomic E-state index is 12.9. The minimum absolute atomic E-state index is 0.0595. The van der Waals surface area contributed by atoms with E-state index in [0.717, 1.165) is 12.1 Å². The Morgan fingerprint density at radius 2 is 1.74 bits per heavy atom. The highest BCUT2D eigenvalue weighted by molar-refractivity contribution is 5.90. The molecule has 2 heterocycles. The summed E-state index contributed by atoms with van der Waals surface area (Å²) in [5, 5.41) is 11.3. The molecular weight excluding hydrogens is 462 g/mol. The van der Waals surface area contributed by atoms with Crippen LogP contribution < -0.4 is 14.2 Å². The van der Waals surface area contributed by atoms with Crippen LogP contribution in [0.1, 0.15) is 10.4 Å². The van der Waals surface area contributed by atoms with Crippen molar-refractivity contribution in [3.63, 3.8) is 0 Å². The van der Waals surface area contributed by atoms with Crippen LogP contribution in [-0.2, 0) is 14.3 Å². The van der Waals surface area contributed by atoms with Gasteiger partial charge in [0.2, 0.25) is 6.10 Å². The topological polar surface area (TPSA) is 138 Å². The highest BCUT2D eigenvalue weighted by Gasteiger charge is 2.33. The smallest absolute Gasteiger partial charge is 0.337 e. The molecular formula is C23H23N3O9. The van der Waals surface area contributed by atoms with Gasteiger partial charge in [-0.25, -0.2) is 4.79 Å². The van der Waals surface area contributed by atoms with Crippen molar-refractivity contribution in [3.8, 4) is 17.2 Å². The van der Waals surface area contributed by atoms with Gasteiger partial charge in [-0.05, 0) is 18.2 Å². The van der Waals surface area contributed by atoms with E-state index in [9.17, 15) is 24.5 Å². The summed E-state index contributed by atoms with van der Waals surface area (Å²) >= 11 is 0. The number of nitro benzene ring substituents is 1. The number of rotatable bonds is 6. The molecule has 0 N–H and O–H groups in total. The number of ether oxygens (including phenoxy) is 4. The SMILES string of the molecule is COC(=O)c1ccc([N+](=O)[O-])c(OCC(=O)N2CCN(C(=O)C3COc4ccccc4O3)CC2)c1.